The van der Waals surface area contributed by atoms with Crippen molar-refractivity contribution in [3.8, 4) is 0 Å². The third-order valence-electron chi connectivity index (χ3n) is 6.53. The lowest BCUT2D eigenvalue weighted by Gasteiger charge is -2.49. The van der Waals surface area contributed by atoms with Crippen LogP contribution in [0, 0.1) is 11.7 Å². The average Bonchev–Trinajstić information content (AvgIpc) is 3.48. The van der Waals surface area contributed by atoms with Crippen molar-refractivity contribution < 1.29 is 18.7 Å². The molecule has 1 saturated carbocycles. The molecule has 2 N–H and O–H groups in total. The Kier molecular flexibility index (Phi) is 3.77. The maximum atomic E-state index is 13.2. The first-order valence-electron chi connectivity index (χ1n) is 9.58. The lowest BCUT2D eigenvalue weighted by Crippen LogP contribution is -2.68. The van der Waals surface area contributed by atoms with E-state index < -0.39 is 5.82 Å². The molecule has 27 heavy (non-hydrogen) atoms. The Morgan fingerprint density at radius 1 is 1.33 bits per heavy atom. The second-order valence-corrected chi connectivity index (χ2v) is 8.28. The minimum absolute atomic E-state index is 0.0174. The van der Waals surface area contributed by atoms with E-state index in [1.807, 2.05) is 7.05 Å². The van der Waals surface area contributed by atoms with Crippen molar-refractivity contribution in [1.82, 2.24) is 20.5 Å². The number of rotatable bonds is 4. The highest BCUT2D eigenvalue weighted by Gasteiger charge is 2.62. The van der Waals surface area contributed by atoms with Gasteiger partial charge in [0.1, 0.15) is 17.6 Å². The number of halogens is 1. The normalized spacial score (nSPS) is 36.7. The van der Waals surface area contributed by atoms with Gasteiger partial charge in [-0.1, -0.05) is 0 Å². The number of likely N-dealkylation sites (tertiary alicyclic amines) is 1. The molecule has 144 valence electrons. The third kappa shape index (κ3) is 2.73. The molecule has 1 aromatic rings. The molecule has 1 unspecified atom stereocenters. The fourth-order valence-electron chi connectivity index (χ4n) is 5.01. The molecule has 8 heteroatoms. The van der Waals surface area contributed by atoms with E-state index in [1.165, 1.54) is 12.1 Å². The van der Waals surface area contributed by atoms with Crippen LogP contribution in [0.4, 0.5) is 4.39 Å². The summed E-state index contributed by atoms with van der Waals surface area (Å²) in [5.41, 5.74) is -0.00674. The van der Waals surface area contributed by atoms with Crippen molar-refractivity contribution in [2.45, 2.75) is 55.5 Å². The first-order chi connectivity index (χ1) is 13.0. The monoisotopic (exact) mass is 374 g/mol. The summed E-state index contributed by atoms with van der Waals surface area (Å²) in [6, 6.07) is 2.52. The van der Waals surface area contributed by atoms with E-state index in [2.05, 4.69) is 15.6 Å². The van der Waals surface area contributed by atoms with Crippen LogP contribution in [-0.4, -0.2) is 65.1 Å². The zero-order chi connectivity index (χ0) is 18.8. The predicted molar refractivity (Wildman–Crippen MR) is 93.4 cm³/mol. The SMILES string of the molecule is CN[C@@]12CC3N[C@@H](C1)[C@@H]([C@@H]3OC(=O)C1CC1)N(C(=O)c1ccc(F)cn1)C2. The molecule has 7 nitrogen and oxygen atoms in total. The molecule has 1 aliphatic carbocycles. The summed E-state index contributed by atoms with van der Waals surface area (Å²) in [7, 11) is 1.91. The largest absolute Gasteiger partial charge is 0.458 e. The van der Waals surface area contributed by atoms with E-state index in [9.17, 15) is 14.0 Å². The summed E-state index contributed by atoms with van der Waals surface area (Å²) in [5.74, 6) is -0.857. The number of piperidine rings is 2. The number of esters is 1. The maximum absolute atomic E-state index is 13.2. The number of pyridine rings is 1. The van der Waals surface area contributed by atoms with E-state index in [-0.39, 0.29) is 53.3 Å². The summed E-state index contributed by atoms with van der Waals surface area (Å²) in [4.78, 5) is 31.3. The van der Waals surface area contributed by atoms with Crippen LogP contribution >= 0.6 is 0 Å². The number of hydrogen-bond donors (Lipinski definition) is 2. The Morgan fingerprint density at radius 2 is 2.11 bits per heavy atom. The van der Waals surface area contributed by atoms with Gasteiger partial charge in [-0.3, -0.25) is 9.59 Å². The molecule has 1 aromatic heterocycles. The number of hydrogen-bond acceptors (Lipinski definition) is 6. The van der Waals surface area contributed by atoms with Crippen LogP contribution in [0.3, 0.4) is 0 Å². The smallest absolute Gasteiger partial charge is 0.309 e. The van der Waals surface area contributed by atoms with Crippen LogP contribution in [0.2, 0.25) is 0 Å². The van der Waals surface area contributed by atoms with Gasteiger partial charge >= 0.3 is 5.97 Å². The summed E-state index contributed by atoms with van der Waals surface area (Å²) >= 11 is 0. The lowest BCUT2D eigenvalue weighted by molar-refractivity contribution is -0.153. The highest BCUT2D eigenvalue weighted by atomic mass is 19.1. The minimum Gasteiger partial charge on any atom is -0.458 e. The molecule has 3 saturated heterocycles. The van der Waals surface area contributed by atoms with Crippen molar-refractivity contribution in [2.75, 3.05) is 13.6 Å². The van der Waals surface area contributed by atoms with Crippen molar-refractivity contribution >= 4 is 11.9 Å². The average molecular weight is 374 g/mol. The fourth-order valence-corrected chi connectivity index (χ4v) is 5.01. The Balaban J connectivity index is 1.47. The van der Waals surface area contributed by atoms with Crippen molar-refractivity contribution in [2.24, 2.45) is 5.92 Å². The van der Waals surface area contributed by atoms with E-state index >= 15 is 0 Å². The quantitative estimate of drug-likeness (QED) is 0.745. The second-order valence-electron chi connectivity index (χ2n) is 8.28. The van der Waals surface area contributed by atoms with Gasteiger partial charge in [0.25, 0.3) is 5.91 Å². The summed E-state index contributed by atoms with van der Waals surface area (Å²) < 4.78 is 19.1. The number of carbonyl (C=O) groups is 2. The van der Waals surface area contributed by atoms with Gasteiger partial charge < -0.3 is 20.3 Å². The van der Waals surface area contributed by atoms with Crippen LogP contribution in [0.5, 0.6) is 0 Å². The number of ether oxygens (including phenoxy) is 1. The maximum Gasteiger partial charge on any atom is 0.309 e. The zero-order valence-electron chi connectivity index (χ0n) is 15.2. The standard InChI is InChI=1S/C19H23FN4O3/c1-21-19-6-13-15(16(14(7-19)23-13)27-18(26)10-2-3-10)24(9-19)17(25)12-5-4-11(20)8-22-12/h4-5,8,10,13-16,21,23H,2-3,6-7,9H2,1H3/t13-,14?,15-,16+,19+/m0/s1. The lowest BCUT2D eigenvalue weighted by atomic mass is 9.80. The molecule has 4 aliphatic rings. The van der Waals surface area contributed by atoms with Crippen molar-refractivity contribution in [3.05, 3.63) is 29.8 Å². The van der Waals surface area contributed by atoms with Crippen molar-refractivity contribution in [1.29, 1.82) is 0 Å². The van der Waals surface area contributed by atoms with E-state index in [4.69, 9.17) is 4.74 Å². The predicted octanol–water partition coefficient (Wildman–Crippen LogP) is 0.459. The molecular formula is C19H23FN4O3. The van der Waals surface area contributed by atoms with E-state index in [0.29, 0.717) is 6.54 Å². The van der Waals surface area contributed by atoms with E-state index in [0.717, 1.165) is 31.9 Å². The molecule has 0 spiro atoms. The number of nitrogens with one attached hydrogen (secondary N) is 2. The van der Waals surface area contributed by atoms with Gasteiger partial charge in [-0.2, -0.15) is 0 Å². The molecular weight excluding hydrogens is 351 g/mol. The highest BCUT2D eigenvalue weighted by Crippen LogP contribution is 2.44. The number of amides is 1. The van der Waals surface area contributed by atoms with Gasteiger partial charge in [-0.15, -0.1) is 0 Å². The van der Waals surface area contributed by atoms with Crippen LogP contribution in [0.15, 0.2) is 18.3 Å². The van der Waals surface area contributed by atoms with Gasteiger partial charge in [0, 0.05) is 24.2 Å². The van der Waals surface area contributed by atoms with Gasteiger partial charge in [0.05, 0.1) is 18.2 Å². The molecule has 3 aliphatic heterocycles. The molecule has 5 atom stereocenters. The van der Waals surface area contributed by atoms with Gasteiger partial charge in [-0.05, 0) is 44.9 Å². The van der Waals surface area contributed by atoms with E-state index in [1.54, 1.807) is 4.90 Å². The molecule has 3 bridgehead atoms. The minimum atomic E-state index is -0.476. The topological polar surface area (TPSA) is 83.6 Å². The number of likely N-dealkylation sites (N-methyl/N-ethyl adjacent to an activating group) is 1. The van der Waals surface area contributed by atoms with Gasteiger partial charge in [-0.25, -0.2) is 9.37 Å². The van der Waals surface area contributed by atoms with Crippen LogP contribution in [0.1, 0.15) is 36.2 Å². The Hall–Kier alpha value is -2.06. The number of carbonyl (C=O) groups excluding carboxylic acids is 2. The molecule has 1 amide bonds. The highest BCUT2D eigenvalue weighted by molar-refractivity contribution is 5.93. The van der Waals surface area contributed by atoms with Crippen LogP contribution in [-0.2, 0) is 9.53 Å². The fraction of sp³-hybridized carbons (Fsp3) is 0.632. The molecule has 5 rings (SSSR count). The molecule has 0 radical (unpaired) electrons. The van der Waals surface area contributed by atoms with Crippen LogP contribution < -0.4 is 10.6 Å². The van der Waals surface area contributed by atoms with Gasteiger partial charge in [0.2, 0.25) is 0 Å². The number of aromatic nitrogens is 1. The first kappa shape index (κ1) is 17.1. The first-order valence-corrected chi connectivity index (χ1v) is 9.58. The Morgan fingerprint density at radius 3 is 2.78 bits per heavy atom. The van der Waals surface area contributed by atoms with Crippen LogP contribution in [0.25, 0.3) is 0 Å². The number of nitrogens with zero attached hydrogens (tertiary/aromatic N) is 2. The van der Waals surface area contributed by atoms with Crippen molar-refractivity contribution in [3.63, 3.8) is 0 Å². The third-order valence-corrected chi connectivity index (χ3v) is 6.53. The summed E-state index contributed by atoms with van der Waals surface area (Å²) in [6.45, 7) is 0.526. The zero-order valence-corrected chi connectivity index (χ0v) is 15.2. The molecule has 0 aromatic carbocycles. The Bertz CT molecular complexity index is 784. The molecule has 4 fully saturated rings. The second kappa shape index (κ2) is 5.97. The molecule has 4 heterocycles. The summed E-state index contributed by atoms with van der Waals surface area (Å²) in [5, 5.41) is 6.96. The number of fused-ring (bicyclic) bond motifs is 2. The summed E-state index contributed by atoms with van der Waals surface area (Å²) in [6.07, 6.45) is 4.15. The van der Waals surface area contributed by atoms with Gasteiger partial charge in [0.15, 0.2) is 0 Å². The Labute approximate surface area is 156 Å².